The summed E-state index contributed by atoms with van der Waals surface area (Å²) in [6.45, 7) is 3.16. The topological polar surface area (TPSA) is 98.2 Å². The van der Waals surface area contributed by atoms with Gasteiger partial charge in [0, 0.05) is 0 Å². The molecule has 0 aliphatic heterocycles. The van der Waals surface area contributed by atoms with Crippen LogP contribution in [0.5, 0.6) is 0 Å². The monoisotopic (exact) mass is 221 g/mol. The summed E-state index contributed by atoms with van der Waals surface area (Å²) in [5.74, 6) is -0.966. The lowest BCUT2D eigenvalue weighted by molar-refractivity contribution is -0.120. The number of hydrogen-bond donors (Lipinski definition) is 3. The van der Waals surface area contributed by atoms with E-state index in [1.165, 1.54) is 0 Å². The summed E-state index contributed by atoms with van der Waals surface area (Å²) in [4.78, 5) is 22.7. The first-order valence-corrected chi connectivity index (χ1v) is 4.81. The zero-order valence-corrected chi connectivity index (χ0v) is 9.28. The molecule has 0 aliphatic rings. The van der Waals surface area contributed by atoms with E-state index in [2.05, 4.69) is 5.32 Å². The first kappa shape index (κ1) is 12.2. The fourth-order valence-electron chi connectivity index (χ4n) is 1.09. The second-order valence-electron chi connectivity index (χ2n) is 4.09. The van der Waals surface area contributed by atoms with Gasteiger partial charge in [0.05, 0.1) is 16.8 Å². The molecule has 0 heterocycles. The van der Waals surface area contributed by atoms with Crippen molar-refractivity contribution < 1.29 is 9.59 Å². The van der Waals surface area contributed by atoms with Gasteiger partial charge in [0.2, 0.25) is 5.91 Å². The van der Waals surface area contributed by atoms with E-state index >= 15 is 0 Å². The van der Waals surface area contributed by atoms with Crippen LogP contribution >= 0.6 is 0 Å². The molecular weight excluding hydrogens is 206 g/mol. The minimum atomic E-state index is -1.01. The Labute approximate surface area is 93.8 Å². The lowest BCUT2D eigenvalue weighted by atomic mass is 10.1. The van der Waals surface area contributed by atoms with Gasteiger partial charge in [-0.2, -0.15) is 0 Å². The first-order chi connectivity index (χ1) is 7.32. The Morgan fingerprint density at radius 2 is 1.81 bits per heavy atom. The molecule has 0 aromatic heterocycles. The summed E-state index contributed by atoms with van der Waals surface area (Å²) >= 11 is 0. The third-order valence-electron chi connectivity index (χ3n) is 2.03. The average molecular weight is 221 g/mol. The highest BCUT2D eigenvalue weighted by atomic mass is 16.2. The average Bonchev–Trinajstić information content (AvgIpc) is 2.16. The van der Waals surface area contributed by atoms with Gasteiger partial charge in [-0.15, -0.1) is 0 Å². The van der Waals surface area contributed by atoms with Gasteiger partial charge in [-0.25, -0.2) is 0 Å². The van der Waals surface area contributed by atoms with Gasteiger partial charge in [-0.3, -0.25) is 9.59 Å². The predicted molar refractivity (Wildman–Crippen MR) is 61.9 cm³/mol. The molecule has 5 nitrogen and oxygen atoms in total. The number of benzene rings is 1. The number of carbonyl (C=O) groups is 2. The smallest absolute Gasteiger partial charge is 0.250 e. The largest absolute Gasteiger partial charge is 0.366 e. The summed E-state index contributed by atoms with van der Waals surface area (Å²) < 4.78 is 0. The summed E-state index contributed by atoms with van der Waals surface area (Å²) in [5, 5.41) is 2.57. The number of nitrogens with one attached hydrogen (secondary N) is 1. The number of carbonyl (C=O) groups excluding carboxylic acids is 2. The SMILES string of the molecule is CC(C)(N)C(=O)Nc1ccccc1C(N)=O. The summed E-state index contributed by atoms with van der Waals surface area (Å²) in [5.41, 5.74) is 10.4. The van der Waals surface area contributed by atoms with Crippen LogP contribution in [0.4, 0.5) is 5.69 Å². The van der Waals surface area contributed by atoms with Crippen molar-refractivity contribution in [3.8, 4) is 0 Å². The fourth-order valence-corrected chi connectivity index (χ4v) is 1.09. The van der Waals surface area contributed by atoms with E-state index in [0.29, 0.717) is 5.69 Å². The molecule has 16 heavy (non-hydrogen) atoms. The number of nitrogens with two attached hydrogens (primary N) is 2. The van der Waals surface area contributed by atoms with E-state index in [9.17, 15) is 9.59 Å². The lowest BCUT2D eigenvalue weighted by Gasteiger charge is -2.18. The predicted octanol–water partition coefficient (Wildman–Crippen LogP) is 0.461. The van der Waals surface area contributed by atoms with Crippen molar-refractivity contribution >= 4 is 17.5 Å². The number of rotatable bonds is 3. The van der Waals surface area contributed by atoms with E-state index < -0.39 is 11.4 Å². The highest BCUT2D eigenvalue weighted by molar-refractivity contribution is 6.05. The van der Waals surface area contributed by atoms with E-state index in [4.69, 9.17) is 11.5 Å². The summed E-state index contributed by atoms with van der Waals surface area (Å²) in [7, 11) is 0. The van der Waals surface area contributed by atoms with Crippen molar-refractivity contribution in [3.63, 3.8) is 0 Å². The molecule has 0 unspecified atom stereocenters. The molecule has 0 aliphatic carbocycles. The molecule has 0 saturated carbocycles. The molecule has 1 rings (SSSR count). The number of anilines is 1. The van der Waals surface area contributed by atoms with Gasteiger partial charge in [0.25, 0.3) is 5.91 Å². The van der Waals surface area contributed by atoms with Gasteiger partial charge < -0.3 is 16.8 Å². The summed E-state index contributed by atoms with van der Waals surface area (Å²) in [6, 6.07) is 6.51. The molecule has 0 spiro atoms. The quantitative estimate of drug-likeness (QED) is 0.691. The Morgan fingerprint density at radius 1 is 1.25 bits per heavy atom. The molecule has 0 bridgehead atoms. The van der Waals surface area contributed by atoms with E-state index in [1.54, 1.807) is 38.1 Å². The first-order valence-electron chi connectivity index (χ1n) is 4.81. The van der Waals surface area contributed by atoms with Crippen LogP contribution in [0.15, 0.2) is 24.3 Å². The molecule has 0 fully saturated rings. The van der Waals surface area contributed by atoms with E-state index in [1.807, 2.05) is 0 Å². The second kappa shape index (κ2) is 4.32. The Hall–Kier alpha value is -1.88. The minimum absolute atomic E-state index is 0.264. The van der Waals surface area contributed by atoms with Crippen LogP contribution in [-0.2, 0) is 4.79 Å². The van der Waals surface area contributed by atoms with Crippen LogP contribution in [0, 0.1) is 0 Å². The van der Waals surface area contributed by atoms with Crippen LogP contribution in [-0.4, -0.2) is 17.4 Å². The normalized spacial score (nSPS) is 10.9. The second-order valence-corrected chi connectivity index (χ2v) is 4.09. The molecular formula is C11H15N3O2. The molecule has 2 amide bonds. The molecule has 1 aromatic rings. The zero-order valence-electron chi connectivity index (χ0n) is 9.28. The van der Waals surface area contributed by atoms with Crippen LogP contribution < -0.4 is 16.8 Å². The Bertz CT molecular complexity index is 421. The molecule has 0 radical (unpaired) electrons. The van der Waals surface area contributed by atoms with Gasteiger partial charge in [0.15, 0.2) is 0 Å². The third kappa shape index (κ3) is 2.80. The van der Waals surface area contributed by atoms with Crippen molar-refractivity contribution in [3.05, 3.63) is 29.8 Å². The van der Waals surface area contributed by atoms with Gasteiger partial charge in [0.1, 0.15) is 0 Å². The molecule has 0 atom stereocenters. The maximum absolute atomic E-state index is 11.6. The molecule has 0 saturated heterocycles. The van der Waals surface area contributed by atoms with Gasteiger partial charge >= 0.3 is 0 Å². The Morgan fingerprint density at radius 3 is 2.31 bits per heavy atom. The fraction of sp³-hybridized carbons (Fsp3) is 0.273. The van der Waals surface area contributed by atoms with Gasteiger partial charge in [-0.1, -0.05) is 12.1 Å². The van der Waals surface area contributed by atoms with Crippen molar-refractivity contribution in [2.45, 2.75) is 19.4 Å². The molecule has 5 heteroatoms. The van der Waals surface area contributed by atoms with E-state index in [0.717, 1.165) is 0 Å². The van der Waals surface area contributed by atoms with Crippen molar-refractivity contribution in [2.24, 2.45) is 11.5 Å². The number of para-hydroxylation sites is 1. The Kier molecular flexibility index (Phi) is 3.29. The summed E-state index contributed by atoms with van der Waals surface area (Å²) in [6.07, 6.45) is 0. The maximum Gasteiger partial charge on any atom is 0.250 e. The van der Waals surface area contributed by atoms with Crippen molar-refractivity contribution in [2.75, 3.05) is 5.32 Å². The standard InChI is InChI=1S/C11H15N3O2/c1-11(2,13)10(16)14-8-6-4-3-5-7(8)9(12)15/h3-6H,13H2,1-2H3,(H2,12,15)(H,14,16). The van der Waals surface area contributed by atoms with Crippen LogP contribution in [0.2, 0.25) is 0 Å². The highest BCUT2D eigenvalue weighted by Gasteiger charge is 2.23. The lowest BCUT2D eigenvalue weighted by Crippen LogP contribution is -2.45. The molecule has 86 valence electrons. The number of hydrogen-bond acceptors (Lipinski definition) is 3. The highest BCUT2D eigenvalue weighted by Crippen LogP contribution is 2.15. The Balaban J connectivity index is 2.98. The minimum Gasteiger partial charge on any atom is -0.366 e. The zero-order chi connectivity index (χ0) is 12.3. The maximum atomic E-state index is 11.6. The van der Waals surface area contributed by atoms with Crippen molar-refractivity contribution in [1.82, 2.24) is 0 Å². The van der Waals surface area contributed by atoms with Crippen LogP contribution in [0.25, 0.3) is 0 Å². The molecule has 5 N–H and O–H groups in total. The third-order valence-corrected chi connectivity index (χ3v) is 2.03. The van der Waals surface area contributed by atoms with Crippen LogP contribution in [0.3, 0.4) is 0 Å². The van der Waals surface area contributed by atoms with E-state index in [-0.39, 0.29) is 11.5 Å². The number of amides is 2. The number of primary amides is 1. The molecule has 1 aromatic carbocycles. The van der Waals surface area contributed by atoms with Gasteiger partial charge in [-0.05, 0) is 26.0 Å². The van der Waals surface area contributed by atoms with Crippen LogP contribution in [0.1, 0.15) is 24.2 Å². The van der Waals surface area contributed by atoms with Crippen molar-refractivity contribution in [1.29, 1.82) is 0 Å².